The van der Waals surface area contributed by atoms with Gasteiger partial charge in [-0.15, -0.1) is 12.4 Å². The van der Waals surface area contributed by atoms with Gasteiger partial charge in [0.05, 0.1) is 0 Å². The first-order valence-corrected chi connectivity index (χ1v) is 4.60. The Kier molecular flexibility index (Phi) is 3.31. The van der Waals surface area contributed by atoms with E-state index in [-0.39, 0.29) is 29.9 Å². The second-order valence-corrected chi connectivity index (χ2v) is 3.73. The number of benzene rings is 1. The van der Waals surface area contributed by atoms with Gasteiger partial charge in [-0.25, -0.2) is 0 Å². The van der Waals surface area contributed by atoms with Crippen LogP contribution in [0.25, 0.3) is 0 Å². The molecule has 1 saturated carbocycles. The van der Waals surface area contributed by atoms with Crippen LogP contribution in [0, 0.1) is 5.92 Å². The molecule has 0 saturated heterocycles. The molecular weight excluding hydrogens is 218 g/mol. The minimum absolute atomic E-state index is 0. The van der Waals surface area contributed by atoms with Crippen LogP contribution < -0.4 is 5.73 Å². The number of nitrogens with two attached hydrogens (primary N) is 1. The number of aromatic hydroxyl groups is 3. The lowest BCUT2D eigenvalue weighted by molar-refractivity contribution is 0.361. The molecule has 0 bridgehead atoms. The third kappa shape index (κ3) is 2.11. The van der Waals surface area contributed by atoms with Crippen LogP contribution in [0.4, 0.5) is 0 Å². The molecule has 4 nitrogen and oxygen atoms in total. The van der Waals surface area contributed by atoms with Crippen molar-refractivity contribution < 1.29 is 15.3 Å². The Hall–Kier alpha value is -1.13. The Morgan fingerprint density at radius 1 is 1.13 bits per heavy atom. The maximum absolute atomic E-state index is 9.54. The summed E-state index contributed by atoms with van der Waals surface area (Å²) in [7, 11) is 0. The second-order valence-electron chi connectivity index (χ2n) is 3.73. The van der Waals surface area contributed by atoms with Crippen molar-refractivity contribution in [2.45, 2.75) is 18.9 Å². The lowest BCUT2D eigenvalue weighted by Gasteiger charge is -2.13. The van der Waals surface area contributed by atoms with E-state index in [9.17, 15) is 10.2 Å². The summed E-state index contributed by atoms with van der Waals surface area (Å²) < 4.78 is 0. The monoisotopic (exact) mass is 231 g/mol. The zero-order chi connectivity index (χ0) is 10.3. The second kappa shape index (κ2) is 4.16. The molecule has 1 aromatic carbocycles. The van der Waals surface area contributed by atoms with Gasteiger partial charge in [0.1, 0.15) is 0 Å². The van der Waals surface area contributed by atoms with Gasteiger partial charge in [-0.3, -0.25) is 0 Å². The van der Waals surface area contributed by atoms with Crippen molar-refractivity contribution in [1.29, 1.82) is 0 Å². The van der Waals surface area contributed by atoms with Gasteiger partial charge in [0, 0.05) is 11.6 Å². The van der Waals surface area contributed by atoms with Crippen molar-refractivity contribution >= 4 is 12.4 Å². The van der Waals surface area contributed by atoms with Gasteiger partial charge < -0.3 is 21.1 Å². The molecule has 0 aromatic heterocycles. The summed E-state index contributed by atoms with van der Waals surface area (Å²) in [4.78, 5) is 0. The fourth-order valence-electron chi connectivity index (χ4n) is 1.56. The first-order valence-electron chi connectivity index (χ1n) is 4.60. The number of rotatable bonds is 2. The van der Waals surface area contributed by atoms with Crippen LogP contribution in [-0.4, -0.2) is 15.3 Å². The first-order chi connectivity index (χ1) is 6.61. The predicted octanol–water partition coefficient (Wildman–Crippen LogP) is 1.63. The highest BCUT2D eigenvalue weighted by molar-refractivity contribution is 5.85. The Balaban J connectivity index is 0.00000112. The van der Waals surface area contributed by atoms with E-state index in [1.165, 1.54) is 6.07 Å². The Labute approximate surface area is 93.8 Å². The molecule has 15 heavy (non-hydrogen) atoms. The predicted molar refractivity (Wildman–Crippen MR) is 58.3 cm³/mol. The van der Waals surface area contributed by atoms with Crippen molar-refractivity contribution in [3.63, 3.8) is 0 Å². The van der Waals surface area contributed by atoms with E-state index in [2.05, 4.69) is 0 Å². The molecule has 0 radical (unpaired) electrons. The van der Waals surface area contributed by atoms with Crippen LogP contribution in [0.5, 0.6) is 17.2 Å². The molecule has 5 N–H and O–H groups in total. The van der Waals surface area contributed by atoms with Gasteiger partial charge in [0.25, 0.3) is 0 Å². The van der Waals surface area contributed by atoms with Crippen LogP contribution in [0.2, 0.25) is 0 Å². The van der Waals surface area contributed by atoms with Crippen molar-refractivity contribution in [1.82, 2.24) is 0 Å². The van der Waals surface area contributed by atoms with Crippen molar-refractivity contribution in [3.8, 4) is 17.2 Å². The average Bonchev–Trinajstić information content (AvgIpc) is 2.97. The molecule has 1 aliphatic rings. The maximum atomic E-state index is 9.54. The normalized spacial score (nSPS) is 16.9. The number of phenols is 3. The van der Waals surface area contributed by atoms with Crippen LogP contribution in [-0.2, 0) is 0 Å². The summed E-state index contributed by atoms with van der Waals surface area (Å²) in [6.07, 6.45) is 2.12. The number of hydrogen-bond donors (Lipinski definition) is 4. The molecule has 0 spiro atoms. The smallest absolute Gasteiger partial charge is 0.200 e. The summed E-state index contributed by atoms with van der Waals surface area (Å²) in [6.45, 7) is 0. The number of phenolic OH excluding ortho intramolecular Hbond substituents is 3. The number of halogens is 1. The molecule has 2 rings (SSSR count). The first kappa shape index (κ1) is 11.9. The topological polar surface area (TPSA) is 86.7 Å². The van der Waals surface area contributed by atoms with E-state index in [0.29, 0.717) is 11.5 Å². The lowest BCUT2D eigenvalue weighted by Crippen LogP contribution is -2.12. The fraction of sp³-hybridized carbons (Fsp3) is 0.400. The molecule has 1 aliphatic carbocycles. The Morgan fingerprint density at radius 3 is 2.27 bits per heavy atom. The highest BCUT2D eigenvalue weighted by Gasteiger charge is 2.31. The summed E-state index contributed by atoms with van der Waals surface area (Å²) in [5.74, 6) is -0.720. The molecule has 84 valence electrons. The van der Waals surface area contributed by atoms with E-state index in [1.807, 2.05) is 0 Å². The third-order valence-electron chi connectivity index (χ3n) is 2.65. The molecular formula is C10H14ClNO3. The molecule has 5 heteroatoms. The van der Waals surface area contributed by atoms with E-state index in [0.717, 1.165) is 12.8 Å². The molecule has 1 atom stereocenters. The van der Waals surface area contributed by atoms with Crippen LogP contribution >= 0.6 is 12.4 Å². The van der Waals surface area contributed by atoms with Gasteiger partial charge in [0.2, 0.25) is 5.75 Å². The van der Waals surface area contributed by atoms with E-state index >= 15 is 0 Å². The average molecular weight is 232 g/mol. The SMILES string of the molecule is Cl.N[C@@H](c1ccc(O)c(O)c1O)C1CC1. The highest BCUT2D eigenvalue weighted by atomic mass is 35.5. The fourth-order valence-corrected chi connectivity index (χ4v) is 1.56. The summed E-state index contributed by atoms with van der Waals surface area (Å²) in [6, 6.07) is 2.64. The van der Waals surface area contributed by atoms with E-state index in [1.54, 1.807) is 6.07 Å². The standard InChI is InChI=1S/C10H13NO3.ClH/c11-8(5-1-2-5)6-3-4-7(12)10(14)9(6)13;/h3-5,8,12-14H,1-2,11H2;1H/t8-;/m1./s1. The zero-order valence-corrected chi connectivity index (χ0v) is 8.87. The Morgan fingerprint density at radius 2 is 1.73 bits per heavy atom. The van der Waals surface area contributed by atoms with Crippen LogP contribution in [0.3, 0.4) is 0 Å². The summed E-state index contributed by atoms with van der Waals surface area (Å²) >= 11 is 0. The Bertz CT molecular complexity index is 366. The van der Waals surface area contributed by atoms with Gasteiger partial charge in [-0.05, 0) is 30.9 Å². The largest absolute Gasteiger partial charge is 0.504 e. The number of hydrogen-bond acceptors (Lipinski definition) is 4. The minimum atomic E-state index is -0.487. The maximum Gasteiger partial charge on any atom is 0.200 e. The van der Waals surface area contributed by atoms with Crippen molar-refractivity contribution in [3.05, 3.63) is 17.7 Å². The minimum Gasteiger partial charge on any atom is -0.504 e. The van der Waals surface area contributed by atoms with E-state index in [4.69, 9.17) is 10.8 Å². The third-order valence-corrected chi connectivity index (χ3v) is 2.65. The highest BCUT2D eigenvalue weighted by Crippen LogP contribution is 2.46. The van der Waals surface area contributed by atoms with Crippen molar-refractivity contribution in [2.75, 3.05) is 0 Å². The molecule has 0 heterocycles. The molecule has 0 aliphatic heterocycles. The molecule has 1 aromatic rings. The molecule has 0 amide bonds. The van der Waals surface area contributed by atoms with Gasteiger partial charge in [-0.2, -0.15) is 0 Å². The molecule has 0 unspecified atom stereocenters. The van der Waals surface area contributed by atoms with Crippen LogP contribution in [0.15, 0.2) is 12.1 Å². The molecule has 1 fully saturated rings. The lowest BCUT2D eigenvalue weighted by atomic mass is 10.0. The van der Waals surface area contributed by atoms with Gasteiger partial charge in [0.15, 0.2) is 11.5 Å². The zero-order valence-electron chi connectivity index (χ0n) is 8.05. The van der Waals surface area contributed by atoms with Gasteiger partial charge in [-0.1, -0.05) is 0 Å². The van der Waals surface area contributed by atoms with E-state index < -0.39 is 5.75 Å². The summed E-state index contributed by atoms with van der Waals surface area (Å²) in [5.41, 5.74) is 6.37. The van der Waals surface area contributed by atoms with Crippen LogP contribution in [0.1, 0.15) is 24.4 Å². The summed E-state index contributed by atoms with van der Waals surface area (Å²) in [5, 5.41) is 27.9. The quantitative estimate of drug-likeness (QED) is 0.583. The van der Waals surface area contributed by atoms with Crippen molar-refractivity contribution in [2.24, 2.45) is 11.7 Å². The van der Waals surface area contributed by atoms with Gasteiger partial charge >= 0.3 is 0 Å².